The normalized spacial score (nSPS) is 10.7. The second-order valence-electron chi connectivity index (χ2n) is 5.84. The van der Waals surface area contributed by atoms with Crippen LogP contribution < -0.4 is 10.6 Å². The zero-order valence-electron chi connectivity index (χ0n) is 14.7. The van der Waals surface area contributed by atoms with Crippen molar-refractivity contribution in [1.82, 2.24) is 29.1 Å². The quantitative estimate of drug-likeness (QED) is 0.296. The van der Waals surface area contributed by atoms with E-state index >= 15 is 0 Å². The molecule has 0 bridgehead atoms. The monoisotopic (exact) mass is 371 g/mol. The van der Waals surface area contributed by atoms with Crippen molar-refractivity contribution >= 4 is 17.3 Å². The second-order valence-corrected chi connectivity index (χ2v) is 5.84. The maximum atomic E-state index is 11.5. The van der Waals surface area contributed by atoms with Crippen LogP contribution in [0.15, 0.2) is 43.8 Å². The highest BCUT2D eigenvalue weighted by Crippen LogP contribution is 2.28. The molecule has 11 nitrogen and oxygen atoms in total. The predicted octanol–water partition coefficient (Wildman–Crippen LogP) is 1.78. The highest BCUT2D eigenvalue weighted by atomic mass is 16.6. The lowest BCUT2D eigenvalue weighted by Crippen LogP contribution is -2.13. The van der Waals surface area contributed by atoms with E-state index in [1.807, 2.05) is 21.5 Å². The van der Waals surface area contributed by atoms with Crippen molar-refractivity contribution in [2.75, 3.05) is 23.7 Å². The van der Waals surface area contributed by atoms with Crippen LogP contribution >= 0.6 is 0 Å². The molecule has 2 N–H and O–H groups in total. The summed E-state index contributed by atoms with van der Waals surface area (Å²) in [4.78, 5) is 27.1. The number of nitro groups is 1. The smallest absolute Gasteiger partial charge is 0.353 e. The summed E-state index contributed by atoms with van der Waals surface area (Å²) in [6.07, 6.45) is 13.5. The molecule has 0 saturated heterocycles. The van der Waals surface area contributed by atoms with Gasteiger partial charge in [-0.3, -0.25) is 10.1 Å². The average molecular weight is 371 g/mol. The fourth-order valence-corrected chi connectivity index (χ4v) is 2.59. The Balaban J connectivity index is 1.53. The Morgan fingerprint density at radius 2 is 1.44 bits per heavy atom. The van der Waals surface area contributed by atoms with Crippen LogP contribution in [-0.2, 0) is 13.1 Å². The van der Waals surface area contributed by atoms with Crippen molar-refractivity contribution in [2.24, 2.45) is 0 Å². The molecule has 0 radical (unpaired) electrons. The fourth-order valence-electron chi connectivity index (χ4n) is 2.59. The van der Waals surface area contributed by atoms with Crippen LogP contribution in [0.25, 0.3) is 0 Å². The first kappa shape index (κ1) is 18.3. The summed E-state index contributed by atoms with van der Waals surface area (Å²) in [6, 6.07) is 0. The minimum Gasteiger partial charge on any atom is -0.364 e. The third-order valence-corrected chi connectivity index (χ3v) is 3.89. The Labute approximate surface area is 155 Å². The molecule has 0 aliphatic heterocycles. The van der Waals surface area contributed by atoms with Gasteiger partial charge < -0.3 is 19.8 Å². The van der Waals surface area contributed by atoms with Crippen LogP contribution in [0.1, 0.15) is 12.8 Å². The molecule has 3 heterocycles. The van der Waals surface area contributed by atoms with Crippen LogP contribution in [0.2, 0.25) is 0 Å². The van der Waals surface area contributed by atoms with E-state index in [-0.39, 0.29) is 17.3 Å². The van der Waals surface area contributed by atoms with Gasteiger partial charge in [-0.15, -0.1) is 0 Å². The van der Waals surface area contributed by atoms with E-state index in [2.05, 4.69) is 30.6 Å². The number of anilines is 2. The standard InChI is InChI=1S/C16H21N9O2/c26-25(27)14-15(19-3-1-7-23-9-5-17-12-23)21-11-22-16(14)20-4-2-8-24-10-6-18-13-24/h5-6,9-13H,1-4,7-8H2,(H2,19,20,21,22). The molecule has 3 rings (SSSR count). The van der Waals surface area contributed by atoms with Crippen LogP contribution in [0, 0.1) is 10.1 Å². The number of imidazole rings is 2. The molecule has 142 valence electrons. The SMILES string of the molecule is O=[N+]([O-])c1c(NCCCn2ccnc2)ncnc1NCCCn1ccnc1. The van der Waals surface area contributed by atoms with Gasteiger partial charge in [0.05, 0.1) is 17.6 Å². The number of aromatic nitrogens is 6. The molecule has 0 saturated carbocycles. The topological polar surface area (TPSA) is 129 Å². The number of rotatable bonds is 11. The van der Waals surface area contributed by atoms with E-state index in [0.717, 1.165) is 25.9 Å². The molecule has 0 aliphatic rings. The van der Waals surface area contributed by atoms with Crippen LogP contribution in [0.4, 0.5) is 17.3 Å². The van der Waals surface area contributed by atoms with Crippen LogP contribution in [-0.4, -0.2) is 47.1 Å². The number of nitrogens with zero attached hydrogens (tertiary/aromatic N) is 7. The molecule has 0 amide bonds. The summed E-state index contributed by atoms with van der Waals surface area (Å²) in [5.74, 6) is 0.440. The van der Waals surface area contributed by atoms with Gasteiger partial charge in [0.1, 0.15) is 6.33 Å². The van der Waals surface area contributed by atoms with Gasteiger partial charge in [0.25, 0.3) is 0 Å². The predicted molar refractivity (Wildman–Crippen MR) is 99.4 cm³/mol. The lowest BCUT2D eigenvalue weighted by Gasteiger charge is -2.10. The molecule has 0 unspecified atom stereocenters. The maximum Gasteiger partial charge on any atom is 0.353 e. The third kappa shape index (κ3) is 5.23. The van der Waals surface area contributed by atoms with Gasteiger partial charge >= 0.3 is 5.69 Å². The maximum absolute atomic E-state index is 11.5. The van der Waals surface area contributed by atoms with Gasteiger partial charge in [0.2, 0.25) is 11.6 Å². The molecular weight excluding hydrogens is 350 g/mol. The van der Waals surface area contributed by atoms with Crippen LogP contribution in [0.5, 0.6) is 0 Å². The van der Waals surface area contributed by atoms with Crippen molar-refractivity contribution in [1.29, 1.82) is 0 Å². The lowest BCUT2D eigenvalue weighted by atomic mass is 10.3. The molecule has 3 aromatic rings. The van der Waals surface area contributed by atoms with Gasteiger partial charge in [-0.05, 0) is 12.8 Å². The second kappa shape index (κ2) is 9.27. The Hall–Kier alpha value is -3.50. The molecular formula is C16H21N9O2. The summed E-state index contributed by atoms with van der Waals surface area (Å²) < 4.78 is 3.90. The molecule has 11 heteroatoms. The zero-order valence-corrected chi connectivity index (χ0v) is 14.7. The van der Waals surface area contributed by atoms with Gasteiger partial charge in [0, 0.05) is 51.0 Å². The molecule has 3 aromatic heterocycles. The summed E-state index contributed by atoms with van der Waals surface area (Å²) in [5.41, 5.74) is -0.136. The van der Waals surface area contributed by atoms with Gasteiger partial charge in [-0.2, -0.15) is 0 Å². The van der Waals surface area contributed by atoms with Crippen molar-refractivity contribution in [3.63, 3.8) is 0 Å². The van der Waals surface area contributed by atoms with Crippen molar-refractivity contribution in [2.45, 2.75) is 25.9 Å². The lowest BCUT2D eigenvalue weighted by molar-refractivity contribution is -0.383. The fraction of sp³-hybridized carbons (Fsp3) is 0.375. The van der Waals surface area contributed by atoms with E-state index in [1.165, 1.54) is 6.33 Å². The Morgan fingerprint density at radius 1 is 0.926 bits per heavy atom. The summed E-state index contributed by atoms with van der Waals surface area (Å²) in [6.45, 7) is 2.64. The minimum atomic E-state index is -0.462. The average Bonchev–Trinajstić information content (AvgIpc) is 3.36. The zero-order chi connectivity index (χ0) is 18.9. The van der Waals surface area contributed by atoms with Crippen LogP contribution in [0.3, 0.4) is 0 Å². The van der Waals surface area contributed by atoms with E-state index < -0.39 is 4.92 Å². The van der Waals surface area contributed by atoms with Gasteiger partial charge in [-0.1, -0.05) is 0 Å². The largest absolute Gasteiger partial charge is 0.364 e. The minimum absolute atomic E-state index is 0.136. The van der Waals surface area contributed by atoms with E-state index in [0.29, 0.717) is 13.1 Å². The molecule has 0 spiro atoms. The first-order valence-corrected chi connectivity index (χ1v) is 8.62. The van der Waals surface area contributed by atoms with E-state index in [1.54, 1.807) is 25.0 Å². The molecule has 0 atom stereocenters. The number of hydrogen-bond donors (Lipinski definition) is 2. The third-order valence-electron chi connectivity index (χ3n) is 3.89. The molecule has 0 aliphatic carbocycles. The molecule has 0 aromatic carbocycles. The highest BCUT2D eigenvalue weighted by molar-refractivity contribution is 5.69. The Morgan fingerprint density at radius 3 is 1.85 bits per heavy atom. The van der Waals surface area contributed by atoms with Crippen molar-refractivity contribution in [3.8, 4) is 0 Å². The summed E-state index contributed by atoms with van der Waals surface area (Å²) in [5, 5.41) is 17.6. The van der Waals surface area contributed by atoms with E-state index in [4.69, 9.17) is 0 Å². The summed E-state index contributed by atoms with van der Waals surface area (Å²) >= 11 is 0. The first-order valence-electron chi connectivity index (χ1n) is 8.62. The van der Waals surface area contributed by atoms with E-state index in [9.17, 15) is 10.1 Å². The number of nitrogens with one attached hydrogen (secondary N) is 2. The molecule has 0 fully saturated rings. The number of aryl methyl sites for hydroxylation is 2. The van der Waals surface area contributed by atoms with Gasteiger partial charge in [0.15, 0.2) is 0 Å². The van der Waals surface area contributed by atoms with Crippen molar-refractivity contribution in [3.05, 3.63) is 53.9 Å². The summed E-state index contributed by atoms with van der Waals surface area (Å²) in [7, 11) is 0. The first-order chi connectivity index (χ1) is 13.2. The Kier molecular flexibility index (Phi) is 6.28. The molecule has 27 heavy (non-hydrogen) atoms. The highest BCUT2D eigenvalue weighted by Gasteiger charge is 2.22. The van der Waals surface area contributed by atoms with Gasteiger partial charge in [-0.25, -0.2) is 19.9 Å². The van der Waals surface area contributed by atoms with Crippen molar-refractivity contribution < 1.29 is 4.92 Å². The number of hydrogen-bond acceptors (Lipinski definition) is 8. The Bertz CT molecular complexity index is 773.